The maximum Gasteiger partial charge on any atom is 0.190 e. The molecule has 3 saturated heterocycles. The first-order valence-corrected chi connectivity index (χ1v) is 5.49. The standard InChI is InChI=1S/C10H16O6/c1-10(2)15-7-5-6(14-9(7)16-10)8(11)13-4-3-12-5/h5-9,11H,3-4H2,1-2H3/t5-,6+,7-,8+,9-/m1/s1. The molecular weight excluding hydrogens is 216 g/mol. The van der Waals surface area contributed by atoms with Gasteiger partial charge in [-0.05, 0) is 13.8 Å². The highest BCUT2D eigenvalue weighted by atomic mass is 16.8. The van der Waals surface area contributed by atoms with Gasteiger partial charge in [0.1, 0.15) is 18.3 Å². The average Bonchev–Trinajstić information content (AvgIpc) is 2.58. The minimum absolute atomic E-state index is 0.295. The topological polar surface area (TPSA) is 66.4 Å². The van der Waals surface area contributed by atoms with Crippen molar-refractivity contribution in [2.24, 2.45) is 0 Å². The summed E-state index contributed by atoms with van der Waals surface area (Å²) in [6, 6.07) is 0. The van der Waals surface area contributed by atoms with E-state index in [-0.39, 0.29) is 12.2 Å². The summed E-state index contributed by atoms with van der Waals surface area (Å²) in [6.45, 7) is 4.44. The molecule has 3 heterocycles. The van der Waals surface area contributed by atoms with E-state index in [0.717, 1.165) is 0 Å². The van der Waals surface area contributed by atoms with Gasteiger partial charge < -0.3 is 28.8 Å². The summed E-state index contributed by atoms with van der Waals surface area (Å²) in [7, 11) is 0. The molecule has 3 fully saturated rings. The first kappa shape index (κ1) is 10.9. The second-order valence-electron chi connectivity index (χ2n) is 4.67. The molecule has 0 aromatic rings. The zero-order valence-corrected chi connectivity index (χ0v) is 9.29. The Morgan fingerprint density at radius 1 is 1.00 bits per heavy atom. The number of aliphatic hydroxyl groups excluding tert-OH is 1. The molecule has 1 N–H and O–H groups in total. The van der Waals surface area contributed by atoms with E-state index in [1.54, 1.807) is 0 Å². The van der Waals surface area contributed by atoms with Crippen LogP contribution >= 0.6 is 0 Å². The Labute approximate surface area is 93.4 Å². The van der Waals surface area contributed by atoms with Crippen LogP contribution < -0.4 is 0 Å². The SMILES string of the molecule is CC1(C)O[C@H]2O[C@H]3[C@@H](OCCO[C@@H]3O)[C@H]2O1. The lowest BCUT2D eigenvalue weighted by Gasteiger charge is -2.25. The molecule has 0 unspecified atom stereocenters. The third-order valence-corrected chi connectivity index (χ3v) is 2.99. The highest BCUT2D eigenvalue weighted by Crippen LogP contribution is 2.40. The van der Waals surface area contributed by atoms with E-state index >= 15 is 0 Å². The van der Waals surface area contributed by atoms with Gasteiger partial charge in [0.2, 0.25) is 0 Å². The minimum Gasteiger partial charge on any atom is -0.370 e. The van der Waals surface area contributed by atoms with E-state index in [4.69, 9.17) is 23.7 Å². The van der Waals surface area contributed by atoms with Crippen LogP contribution in [0.1, 0.15) is 13.8 Å². The molecule has 92 valence electrons. The Kier molecular flexibility index (Phi) is 2.47. The smallest absolute Gasteiger partial charge is 0.190 e. The lowest BCUT2D eigenvalue weighted by Crippen LogP contribution is -2.41. The maximum atomic E-state index is 9.71. The van der Waals surface area contributed by atoms with Crippen molar-refractivity contribution in [1.29, 1.82) is 0 Å². The van der Waals surface area contributed by atoms with Crippen molar-refractivity contribution < 1.29 is 28.8 Å². The quantitative estimate of drug-likeness (QED) is 0.613. The van der Waals surface area contributed by atoms with Crippen molar-refractivity contribution in [3.8, 4) is 0 Å². The minimum atomic E-state index is -0.978. The normalized spacial score (nSPS) is 50.8. The van der Waals surface area contributed by atoms with E-state index in [0.29, 0.717) is 13.2 Å². The van der Waals surface area contributed by atoms with Crippen LogP contribution in [-0.4, -0.2) is 55.0 Å². The summed E-state index contributed by atoms with van der Waals surface area (Å²) >= 11 is 0. The van der Waals surface area contributed by atoms with Gasteiger partial charge >= 0.3 is 0 Å². The molecule has 0 bridgehead atoms. The molecule has 6 heteroatoms. The number of rotatable bonds is 0. The van der Waals surface area contributed by atoms with Gasteiger partial charge in [-0.15, -0.1) is 0 Å². The molecule has 3 rings (SSSR count). The van der Waals surface area contributed by atoms with Crippen LogP contribution in [0.3, 0.4) is 0 Å². The highest BCUT2D eigenvalue weighted by Gasteiger charge is 2.57. The maximum absolute atomic E-state index is 9.71. The predicted molar refractivity (Wildman–Crippen MR) is 50.4 cm³/mol. The summed E-state index contributed by atoms with van der Waals surface area (Å²) in [5.74, 6) is -0.665. The summed E-state index contributed by atoms with van der Waals surface area (Å²) in [5, 5.41) is 9.71. The number of ether oxygens (including phenoxy) is 5. The molecule has 0 aliphatic carbocycles. The zero-order valence-electron chi connectivity index (χ0n) is 9.29. The van der Waals surface area contributed by atoms with Crippen LogP contribution in [0.15, 0.2) is 0 Å². The lowest BCUT2D eigenvalue weighted by atomic mass is 10.1. The molecule has 3 aliphatic rings. The second-order valence-corrected chi connectivity index (χ2v) is 4.67. The Bertz CT molecular complexity index is 280. The molecule has 5 atom stereocenters. The first-order chi connectivity index (χ1) is 7.57. The van der Waals surface area contributed by atoms with Crippen molar-refractivity contribution >= 4 is 0 Å². The zero-order chi connectivity index (χ0) is 11.3. The molecule has 16 heavy (non-hydrogen) atoms. The van der Waals surface area contributed by atoms with E-state index in [9.17, 15) is 5.11 Å². The largest absolute Gasteiger partial charge is 0.370 e. The number of hydrogen-bond acceptors (Lipinski definition) is 6. The fraction of sp³-hybridized carbons (Fsp3) is 1.00. The van der Waals surface area contributed by atoms with Crippen LogP contribution in [0.5, 0.6) is 0 Å². The Hall–Kier alpha value is -0.240. The van der Waals surface area contributed by atoms with Crippen molar-refractivity contribution in [1.82, 2.24) is 0 Å². The average molecular weight is 232 g/mol. The molecule has 0 amide bonds. The van der Waals surface area contributed by atoms with Gasteiger partial charge in [0.05, 0.1) is 13.2 Å². The number of fused-ring (bicyclic) bond motifs is 3. The fourth-order valence-electron chi connectivity index (χ4n) is 2.37. The van der Waals surface area contributed by atoms with Crippen molar-refractivity contribution in [3.05, 3.63) is 0 Å². The van der Waals surface area contributed by atoms with Gasteiger partial charge in [-0.25, -0.2) is 0 Å². The van der Waals surface area contributed by atoms with Gasteiger partial charge in [-0.2, -0.15) is 0 Å². The third kappa shape index (κ3) is 1.66. The van der Waals surface area contributed by atoms with Crippen LogP contribution in [0.2, 0.25) is 0 Å². The third-order valence-electron chi connectivity index (χ3n) is 2.99. The van der Waals surface area contributed by atoms with Gasteiger partial charge in [0.25, 0.3) is 0 Å². The van der Waals surface area contributed by atoms with Crippen molar-refractivity contribution in [2.75, 3.05) is 13.2 Å². The first-order valence-electron chi connectivity index (χ1n) is 5.49. The van der Waals surface area contributed by atoms with Gasteiger partial charge in [-0.3, -0.25) is 0 Å². The summed E-state index contributed by atoms with van der Waals surface area (Å²) in [6.07, 6.45) is -2.62. The van der Waals surface area contributed by atoms with E-state index in [1.165, 1.54) is 0 Å². The van der Waals surface area contributed by atoms with E-state index in [1.807, 2.05) is 13.8 Å². The van der Waals surface area contributed by atoms with Gasteiger partial charge in [0, 0.05) is 0 Å². The summed E-state index contributed by atoms with van der Waals surface area (Å²) in [5.41, 5.74) is 0. The van der Waals surface area contributed by atoms with Crippen molar-refractivity contribution in [3.63, 3.8) is 0 Å². The summed E-state index contributed by atoms with van der Waals surface area (Å²) in [4.78, 5) is 0. The second kappa shape index (κ2) is 3.63. The van der Waals surface area contributed by atoms with Crippen LogP contribution in [0.4, 0.5) is 0 Å². The van der Waals surface area contributed by atoms with Crippen LogP contribution in [0.25, 0.3) is 0 Å². The molecule has 6 nitrogen and oxygen atoms in total. The monoisotopic (exact) mass is 232 g/mol. The molecule has 0 saturated carbocycles. The van der Waals surface area contributed by atoms with Crippen LogP contribution in [-0.2, 0) is 23.7 Å². The molecule has 0 aromatic heterocycles. The molecule has 0 radical (unpaired) electrons. The van der Waals surface area contributed by atoms with Crippen molar-refractivity contribution in [2.45, 2.75) is 50.5 Å². The Morgan fingerprint density at radius 2 is 1.75 bits per heavy atom. The molecule has 3 aliphatic heterocycles. The summed E-state index contributed by atoms with van der Waals surface area (Å²) < 4.78 is 27.6. The number of aliphatic hydroxyl groups is 1. The molecule has 0 spiro atoms. The van der Waals surface area contributed by atoms with E-state index < -0.39 is 24.5 Å². The lowest BCUT2D eigenvalue weighted by molar-refractivity contribution is -0.246. The Balaban J connectivity index is 1.79. The predicted octanol–water partition coefficient (Wildman–Crippen LogP) is -0.403. The number of hydrogen-bond donors (Lipinski definition) is 1. The van der Waals surface area contributed by atoms with Gasteiger partial charge in [0.15, 0.2) is 18.4 Å². The molecule has 0 aromatic carbocycles. The Morgan fingerprint density at radius 3 is 2.56 bits per heavy atom. The van der Waals surface area contributed by atoms with E-state index in [2.05, 4.69) is 0 Å². The highest BCUT2D eigenvalue weighted by molar-refractivity contribution is 4.95. The van der Waals surface area contributed by atoms with Crippen LogP contribution in [0, 0.1) is 0 Å². The van der Waals surface area contributed by atoms with Gasteiger partial charge in [-0.1, -0.05) is 0 Å². The molecular formula is C10H16O6. The fourth-order valence-corrected chi connectivity index (χ4v) is 2.37.